The molecule has 0 saturated heterocycles. The third-order valence-corrected chi connectivity index (χ3v) is 3.80. The molecule has 2 rings (SSSR count). The lowest BCUT2D eigenvalue weighted by atomic mass is 10.1. The van der Waals surface area contributed by atoms with Crippen molar-refractivity contribution in [1.29, 1.82) is 0 Å². The van der Waals surface area contributed by atoms with Crippen LogP contribution in [0.3, 0.4) is 0 Å². The van der Waals surface area contributed by atoms with Gasteiger partial charge in [0, 0.05) is 19.6 Å². The van der Waals surface area contributed by atoms with Gasteiger partial charge in [-0.05, 0) is 29.7 Å². The zero-order chi connectivity index (χ0) is 17.2. The van der Waals surface area contributed by atoms with Crippen LogP contribution in [-0.4, -0.2) is 24.5 Å². The van der Waals surface area contributed by atoms with Crippen LogP contribution >= 0.6 is 0 Å². The van der Waals surface area contributed by atoms with Crippen molar-refractivity contribution < 1.29 is 4.74 Å². The van der Waals surface area contributed by atoms with Gasteiger partial charge in [0.15, 0.2) is 0 Å². The highest BCUT2D eigenvalue weighted by molar-refractivity contribution is 5.54. The predicted molar refractivity (Wildman–Crippen MR) is 102 cm³/mol. The first-order chi connectivity index (χ1) is 11.7. The molecule has 126 valence electrons. The quantitative estimate of drug-likeness (QED) is 0.529. The van der Waals surface area contributed by atoms with Gasteiger partial charge in [0.2, 0.25) is 0 Å². The fourth-order valence-electron chi connectivity index (χ4n) is 2.53. The standard InChI is InChI=1S/C21H26N2O/c1-3-13-23(14-4-2)15-12-18-10-11-21(20(22)16-18)24-17-19-8-6-5-7-9-19/h3-11,16H,1-2,12-15,17,22H2. The summed E-state index contributed by atoms with van der Waals surface area (Å²) in [5, 5.41) is 0. The SMILES string of the molecule is C=CCN(CC=C)CCc1ccc(OCc2ccccc2)c(N)c1. The van der Waals surface area contributed by atoms with Crippen molar-refractivity contribution in [2.75, 3.05) is 25.4 Å². The molecule has 0 unspecified atom stereocenters. The number of benzene rings is 2. The Balaban J connectivity index is 1.91. The van der Waals surface area contributed by atoms with Crippen molar-refractivity contribution in [1.82, 2.24) is 4.90 Å². The molecule has 2 aromatic carbocycles. The van der Waals surface area contributed by atoms with Gasteiger partial charge in [0.05, 0.1) is 5.69 Å². The van der Waals surface area contributed by atoms with E-state index in [1.165, 1.54) is 5.56 Å². The topological polar surface area (TPSA) is 38.5 Å². The minimum atomic E-state index is 0.525. The molecule has 0 saturated carbocycles. The second-order valence-electron chi connectivity index (χ2n) is 5.73. The van der Waals surface area contributed by atoms with Gasteiger partial charge in [-0.15, -0.1) is 13.2 Å². The molecule has 0 aromatic heterocycles. The summed E-state index contributed by atoms with van der Waals surface area (Å²) in [5.41, 5.74) is 9.16. The van der Waals surface area contributed by atoms with Crippen LogP contribution in [0.15, 0.2) is 73.8 Å². The third kappa shape index (κ3) is 5.60. The lowest BCUT2D eigenvalue weighted by molar-refractivity contribution is 0.307. The summed E-state index contributed by atoms with van der Waals surface area (Å²) in [6.45, 7) is 10.8. The molecule has 0 atom stereocenters. The summed E-state index contributed by atoms with van der Waals surface area (Å²) in [6.07, 6.45) is 4.77. The lowest BCUT2D eigenvalue weighted by Gasteiger charge is -2.19. The van der Waals surface area contributed by atoms with E-state index in [9.17, 15) is 0 Å². The minimum absolute atomic E-state index is 0.525. The molecule has 0 amide bonds. The monoisotopic (exact) mass is 322 g/mol. The lowest BCUT2D eigenvalue weighted by Crippen LogP contribution is -2.26. The largest absolute Gasteiger partial charge is 0.487 e. The molecule has 3 nitrogen and oxygen atoms in total. The van der Waals surface area contributed by atoms with Gasteiger partial charge in [-0.25, -0.2) is 0 Å². The Kier molecular flexibility index (Phi) is 7.12. The molecule has 0 aliphatic heterocycles. The molecule has 0 bridgehead atoms. The van der Waals surface area contributed by atoms with Gasteiger partial charge in [-0.2, -0.15) is 0 Å². The van der Waals surface area contributed by atoms with E-state index in [1.807, 2.05) is 54.6 Å². The molecule has 24 heavy (non-hydrogen) atoms. The van der Waals surface area contributed by atoms with E-state index in [1.54, 1.807) is 0 Å². The maximum absolute atomic E-state index is 6.14. The van der Waals surface area contributed by atoms with Crippen LogP contribution in [0.1, 0.15) is 11.1 Å². The molecule has 0 heterocycles. The smallest absolute Gasteiger partial charge is 0.142 e. The third-order valence-electron chi connectivity index (χ3n) is 3.80. The maximum atomic E-state index is 6.14. The Morgan fingerprint density at radius 2 is 1.67 bits per heavy atom. The molecule has 0 aliphatic carbocycles. The highest BCUT2D eigenvalue weighted by atomic mass is 16.5. The van der Waals surface area contributed by atoms with E-state index in [0.717, 1.165) is 37.4 Å². The number of nitrogen functional groups attached to an aromatic ring is 1. The first-order valence-electron chi connectivity index (χ1n) is 8.22. The van der Waals surface area contributed by atoms with Crippen LogP contribution in [0.5, 0.6) is 5.75 Å². The average Bonchev–Trinajstić information content (AvgIpc) is 2.60. The van der Waals surface area contributed by atoms with Crippen LogP contribution in [0.2, 0.25) is 0 Å². The number of anilines is 1. The summed E-state index contributed by atoms with van der Waals surface area (Å²) in [6, 6.07) is 16.1. The Hall–Kier alpha value is -2.52. The first kappa shape index (κ1) is 17.8. The van der Waals surface area contributed by atoms with Gasteiger partial charge in [-0.3, -0.25) is 4.90 Å². The Labute approximate surface area is 145 Å². The molecule has 0 fully saturated rings. The summed E-state index contributed by atoms with van der Waals surface area (Å²) < 4.78 is 5.82. The van der Waals surface area contributed by atoms with Gasteiger partial charge in [-0.1, -0.05) is 48.6 Å². The van der Waals surface area contributed by atoms with Crippen LogP contribution in [0.4, 0.5) is 5.69 Å². The van der Waals surface area contributed by atoms with Crippen LogP contribution in [0.25, 0.3) is 0 Å². The zero-order valence-corrected chi connectivity index (χ0v) is 14.2. The van der Waals surface area contributed by atoms with E-state index in [-0.39, 0.29) is 0 Å². The van der Waals surface area contributed by atoms with Gasteiger partial charge in [0.1, 0.15) is 12.4 Å². The molecule has 0 radical (unpaired) electrons. The van der Waals surface area contributed by atoms with E-state index in [4.69, 9.17) is 10.5 Å². The molecular weight excluding hydrogens is 296 g/mol. The molecule has 2 N–H and O–H groups in total. The van der Waals surface area contributed by atoms with Crippen molar-refractivity contribution in [3.63, 3.8) is 0 Å². The van der Waals surface area contributed by atoms with Crippen molar-refractivity contribution in [2.45, 2.75) is 13.0 Å². The Morgan fingerprint density at radius 1 is 0.958 bits per heavy atom. The van der Waals surface area contributed by atoms with Crippen molar-refractivity contribution in [3.8, 4) is 5.75 Å². The van der Waals surface area contributed by atoms with Crippen molar-refractivity contribution >= 4 is 5.69 Å². The maximum Gasteiger partial charge on any atom is 0.142 e. The summed E-state index contributed by atoms with van der Waals surface area (Å²) in [7, 11) is 0. The number of ether oxygens (including phenoxy) is 1. The number of nitrogens with two attached hydrogens (primary N) is 1. The van der Waals surface area contributed by atoms with Crippen LogP contribution in [0, 0.1) is 0 Å². The van der Waals surface area contributed by atoms with Gasteiger partial charge in [0.25, 0.3) is 0 Å². The number of hydrogen-bond acceptors (Lipinski definition) is 3. The average molecular weight is 322 g/mol. The molecule has 0 aliphatic rings. The zero-order valence-electron chi connectivity index (χ0n) is 14.2. The van der Waals surface area contributed by atoms with Gasteiger partial charge >= 0.3 is 0 Å². The van der Waals surface area contributed by atoms with E-state index in [0.29, 0.717) is 12.3 Å². The number of nitrogens with zero attached hydrogens (tertiary/aromatic N) is 1. The van der Waals surface area contributed by atoms with Crippen LogP contribution < -0.4 is 10.5 Å². The fraction of sp³-hybridized carbons (Fsp3) is 0.238. The minimum Gasteiger partial charge on any atom is -0.487 e. The highest BCUT2D eigenvalue weighted by Crippen LogP contribution is 2.24. The second-order valence-corrected chi connectivity index (χ2v) is 5.73. The number of hydrogen-bond donors (Lipinski definition) is 1. The highest BCUT2D eigenvalue weighted by Gasteiger charge is 2.05. The van der Waals surface area contributed by atoms with Crippen molar-refractivity contribution in [2.24, 2.45) is 0 Å². The molecule has 3 heteroatoms. The number of rotatable bonds is 10. The fourth-order valence-corrected chi connectivity index (χ4v) is 2.53. The van der Waals surface area contributed by atoms with E-state index < -0.39 is 0 Å². The molecular formula is C21H26N2O. The first-order valence-corrected chi connectivity index (χ1v) is 8.22. The summed E-state index contributed by atoms with van der Waals surface area (Å²) in [4.78, 5) is 2.29. The summed E-state index contributed by atoms with van der Waals surface area (Å²) >= 11 is 0. The van der Waals surface area contributed by atoms with Crippen molar-refractivity contribution in [3.05, 3.63) is 85.0 Å². The summed E-state index contributed by atoms with van der Waals surface area (Å²) in [5.74, 6) is 0.733. The molecule has 0 spiro atoms. The van der Waals surface area contributed by atoms with E-state index in [2.05, 4.69) is 24.1 Å². The van der Waals surface area contributed by atoms with Gasteiger partial charge < -0.3 is 10.5 Å². The van der Waals surface area contributed by atoms with E-state index >= 15 is 0 Å². The Morgan fingerprint density at radius 3 is 2.29 bits per heavy atom. The van der Waals surface area contributed by atoms with Crippen LogP contribution in [-0.2, 0) is 13.0 Å². The Bertz CT molecular complexity index is 642. The second kappa shape index (κ2) is 9.58. The molecule has 2 aromatic rings. The predicted octanol–water partition coefficient (Wildman–Crippen LogP) is 4.06. The normalized spacial score (nSPS) is 10.5.